The molecule has 0 aliphatic heterocycles. The lowest BCUT2D eigenvalue weighted by molar-refractivity contribution is 0.102. The zero-order chi connectivity index (χ0) is 19.7. The number of aromatic hydroxyl groups is 1. The Kier molecular flexibility index (Phi) is 5.32. The van der Waals surface area contributed by atoms with Gasteiger partial charge in [0.1, 0.15) is 5.75 Å². The molecule has 0 aliphatic rings. The first-order valence-electron chi connectivity index (χ1n) is 8.11. The fourth-order valence-corrected chi connectivity index (χ4v) is 3.18. The second-order valence-electron chi connectivity index (χ2n) is 7.33. The van der Waals surface area contributed by atoms with Crippen molar-refractivity contribution < 1.29 is 18.3 Å². The number of anilines is 2. The van der Waals surface area contributed by atoms with Crippen LogP contribution in [0, 0.1) is 6.92 Å². The van der Waals surface area contributed by atoms with Gasteiger partial charge in [-0.1, -0.05) is 39.0 Å². The first kappa shape index (κ1) is 19.8. The Morgan fingerprint density at radius 2 is 1.69 bits per heavy atom. The molecule has 26 heavy (non-hydrogen) atoms. The van der Waals surface area contributed by atoms with E-state index in [-0.39, 0.29) is 28.1 Å². The van der Waals surface area contributed by atoms with E-state index < -0.39 is 15.9 Å². The van der Waals surface area contributed by atoms with E-state index in [9.17, 15) is 18.3 Å². The summed E-state index contributed by atoms with van der Waals surface area (Å²) >= 11 is 0. The molecule has 2 rings (SSSR count). The van der Waals surface area contributed by atoms with Gasteiger partial charge in [0.05, 0.1) is 23.2 Å². The molecule has 0 saturated heterocycles. The van der Waals surface area contributed by atoms with Crippen LogP contribution in [-0.4, -0.2) is 25.7 Å². The standard InChI is InChI=1S/C19H24N2O4S/c1-12-10-14(19(2,3)4)17(22)16(11-12)20-18(23)13-8-6-7-9-15(13)21-26(5,24)25/h6-11,21-22H,1-5H3,(H,20,23). The van der Waals surface area contributed by atoms with Crippen LogP contribution in [0.5, 0.6) is 5.75 Å². The SMILES string of the molecule is Cc1cc(NC(=O)c2ccccc2NS(C)(=O)=O)c(O)c(C(C)(C)C)c1. The van der Waals surface area contributed by atoms with Gasteiger partial charge in [-0.2, -0.15) is 0 Å². The number of sulfonamides is 1. The molecule has 2 aromatic carbocycles. The van der Waals surface area contributed by atoms with Gasteiger partial charge in [0, 0.05) is 5.56 Å². The normalized spacial score (nSPS) is 11.9. The Hall–Kier alpha value is -2.54. The molecule has 0 saturated carbocycles. The van der Waals surface area contributed by atoms with Crippen LogP contribution in [-0.2, 0) is 15.4 Å². The average molecular weight is 376 g/mol. The van der Waals surface area contributed by atoms with Gasteiger partial charge in [-0.15, -0.1) is 0 Å². The second-order valence-corrected chi connectivity index (χ2v) is 9.08. The monoisotopic (exact) mass is 376 g/mol. The maximum absolute atomic E-state index is 12.7. The van der Waals surface area contributed by atoms with Crippen LogP contribution in [0.15, 0.2) is 36.4 Å². The van der Waals surface area contributed by atoms with Crippen molar-refractivity contribution in [2.45, 2.75) is 33.1 Å². The number of aryl methyl sites for hydroxylation is 1. The van der Waals surface area contributed by atoms with Crippen LogP contribution in [0.1, 0.15) is 42.3 Å². The molecule has 0 unspecified atom stereocenters. The summed E-state index contributed by atoms with van der Waals surface area (Å²) in [6.07, 6.45) is 1.02. The summed E-state index contributed by atoms with van der Waals surface area (Å²) in [7, 11) is -3.53. The first-order chi connectivity index (χ1) is 11.9. The van der Waals surface area contributed by atoms with E-state index in [1.807, 2.05) is 33.8 Å². The minimum Gasteiger partial charge on any atom is -0.505 e. The Morgan fingerprint density at radius 3 is 2.27 bits per heavy atom. The number of hydrogen-bond donors (Lipinski definition) is 3. The first-order valence-corrected chi connectivity index (χ1v) is 10.00. The van der Waals surface area contributed by atoms with Crippen molar-refractivity contribution in [2.75, 3.05) is 16.3 Å². The maximum atomic E-state index is 12.7. The smallest absolute Gasteiger partial charge is 0.257 e. The van der Waals surface area contributed by atoms with Crippen molar-refractivity contribution in [3.8, 4) is 5.75 Å². The van der Waals surface area contributed by atoms with E-state index in [4.69, 9.17) is 0 Å². The number of amides is 1. The van der Waals surface area contributed by atoms with Crippen molar-refractivity contribution in [3.05, 3.63) is 53.1 Å². The summed E-state index contributed by atoms with van der Waals surface area (Å²) in [5, 5.41) is 13.3. The number of benzene rings is 2. The van der Waals surface area contributed by atoms with Crippen molar-refractivity contribution in [1.82, 2.24) is 0 Å². The summed E-state index contributed by atoms with van der Waals surface area (Å²) in [6.45, 7) is 7.79. The lowest BCUT2D eigenvalue weighted by Crippen LogP contribution is -2.18. The summed E-state index contributed by atoms with van der Waals surface area (Å²) in [5.74, 6) is -0.512. The Balaban J connectivity index is 2.42. The molecular weight excluding hydrogens is 352 g/mol. The predicted octanol–water partition coefficient (Wildman–Crippen LogP) is 3.62. The minimum absolute atomic E-state index is 0.00463. The van der Waals surface area contributed by atoms with E-state index in [0.29, 0.717) is 0 Å². The molecule has 0 heterocycles. The molecule has 7 heteroatoms. The zero-order valence-electron chi connectivity index (χ0n) is 15.5. The van der Waals surface area contributed by atoms with Crippen LogP contribution < -0.4 is 10.0 Å². The quantitative estimate of drug-likeness (QED) is 0.710. The molecule has 1 amide bonds. The van der Waals surface area contributed by atoms with Crippen molar-refractivity contribution >= 4 is 27.3 Å². The van der Waals surface area contributed by atoms with Gasteiger partial charge >= 0.3 is 0 Å². The lowest BCUT2D eigenvalue weighted by atomic mass is 9.85. The van der Waals surface area contributed by atoms with Crippen molar-refractivity contribution in [3.63, 3.8) is 0 Å². The van der Waals surface area contributed by atoms with Crippen LogP contribution >= 0.6 is 0 Å². The number of para-hydroxylation sites is 1. The van der Waals surface area contributed by atoms with E-state index in [1.54, 1.807) is 18.2 Å². The molecule has 0 radical (unpaired) electrons. The van der Waals surface area contributed by atoms with Crippen LogP contribution in [0.25, 0.3) is 0 Å². The number of carbonyl (C=O) groups is 1. The van der Waals surface area contributed by atoms with Gasteiger partial charge in [0.2, 0.25) is 10.0 Å². The Labute approximate surface area is 154 Å². The molecular formula is C19H24N2O4S. The molecule has 0 aliphatic carbocycles. The van der Waals surface area contributed by atoms with Gasteiger partial charge in [0.15, 0.2) is 0 Å². The fraction of sp³-hybridized carbons (Fsp3) is 0.316. The molecule has 0 bridgehead atoms. The highest BCUT2D eigenvalue weighted by Crippen LogP contribution is 2.37. The molecule has 0 aromatic heterocycles. The van der Waals surface area contributed by atoms with Crippen LogP contribution in [0.3, 0.4) is 0 Å². The lowest BCUT2D eigenvalue weighted by Gasteiger charge is -2.23. The summed E-state index contributed by atoms with van der Waals surface area (Å²) in [6, 6.07) is 9.84. The van der Waals surface area contributed by atoms with Crippen LogP contribution in [0.2, 0.25) is 0 Å². The molecule has 0 spiro atoms. The summed E-state index contributed by atoms with van der Waals surface area (Å²) < 4.78 is 25.3. The molecule has 6 nitrogen and oxygen atoms in total. The number of nitrogens with one attached hydrogen (secondary N) is 2. The third kappa shape index (κ3) is 4.76. The predicted molar refractivity (Wildman–Crippen MR) is 104 cm³/mol. The third-order valence-corrected chi connectivity index (χ3v) is 4.37. The summed E-state index contributed by atoms with van der Waals surface area (Å²) in [5.41, 5.74) is 1.94. The number of phenols is 1. The topological polar surface area (TPSA) is 95.5 Å². The maximum Gasteiger partial charge on any atom is 0.257 e. The zero-order valence-corrected chi connectivity index (χ0v) is 16.4. The molecule has 0 fully saturated rings. The highest BCUT2D eigenvalue weighted by atomic mass is 32.2. The number of hydrogen-bond acceptors (Lipinski definition) is 4. The van der Waals surface area contributed by atoms with Crippen LogP contribution in [0.4, 0.5) is 11.4 Å². The molecule has 2 aromatic rings. The molecule has 0 atom stereocenters. The fourth-order valence-electron chi connectivity index (χ4n) is 2.61. The van der Waals surface area contributed by atoms with Crippen molar-refractivity contribution in [2.24, 2.45) is 0 Å². The number of carbonyl (C=O) groups excluding carboxylic acids is 1. The highest BCUT2D eigenvalue weighted by molar-refractivity contribution is 7.92. The third-order valence-electron chi connectivity index (χ3n) is 3.78. The van der Waals surface area contributed by atoms with Gasteiger partial charge in [-0.05, 0) is 36.1 Å². The van der Waals surface area contributed by atoms with Gasteiger partial charge in [0.25, 0.3) is 5.91 Å². The largest absolute Gasteiger partial charge is 0.505 e. The van der Waals surface area contributed by atoms with E-state index in [2.05, 4.69) is 10.0 Å². The van der Waals surface area contributed by atoms with Gasteiger partial charge < -0.3 is 10.4 Å². The second kappa shape index (κ2) is 6.99. The number of phenolic OH excluding ortho intramolecular Hbond substituents is 1. The van der Waals surface area contributed by atoms with Gasteiger partial charge in [-0.3, -0.25) is 9.52 Å². The van der Waals surface area contributed by atoms with Gasteiger partial charge in [-0.25, -0.2) is 8.42 Å². The average Bonchev–Trinajstić information content (AvgIpc) is 2.48. The molecule has 3 N–H and O–H groups in total. The minimum atomic E-state index is -3.53. The Bertz CT molecular complexity index is 944. The summed E-state index contributed by atoms with van der Waals surface area (Å²) in [4.78, 5) is 12.7. The van der Waals surface area contributed by atoms with Crippen molar-refractivity contribution in [1.29, 1.82) is 0 Å². The van der Waals surface area contributed by atoms with E-state index >= 15 is 0 Å². The Morgan fingerprint density at radius 1 is 1.08 bits per heavy atom. The number of rotatable bonds is 4. The molecule has 140 valence electrons. The van der Waals surface area contributed by atoms with E-state index in [0.717, 1.165) is 17.4 Å². The van der Waals surface area contributed by atoms with E-state index in [1.165, 1.54) is 12.1 Å². The highest BCUT2D eigenvalue weighted by Gasteiger charge is 2.22.